The molecule has 0 atom stereocenters. The maximum Gasteiger partial charge on any atom is 0.309 e. The number of rotatable bonds is 4. The van der Waals surface area contributed by atoms with Gasteiger partial charge in [0.2, 0.25) is 0 Å². The van der Waals surface area contributed by atoms with Gasteiger partial charge >= 0.3 is 5.97 Å². The number of carbonyl (C=O) groups is 1. The van der Waals surface area contributed by atoms with E-state index in [1.165, 1.54) is 29.1 Å². The molecule has 1 aromatic heterocycles. The molecule has 0 saturated carbocycles. The van der Waals surface area contributed by atoms with Crippen LogP contribution in [0.4, 0.5) is 5.69 Å². The summed E-state index contributed by atoms with van der Waals surface area (Å²) in [4.78, 5) is 20.7. The molecule has 0 spiro atoms. The van der Waals surface area contributed by atoms with Crippen molar-refractivity contribution in [1.29, 1.82) is 0 Å². The first-order valence-electron chi connectivity index (χ1n) is 5.04. The Balaban J connectivity index is 2.40. The van der Waals surface area contributed by atoms with Crippen LogP contribution < -0.4 is 0 Å². The summed E-state index contributed by atoms with van der Waals surface area (Å²) in [7, 11) is 0. The Labute approximate surface area is 111 Å². The Morgan fingerprint density at radius 1 is 1.53 bits per heavy atom. The summed E-state index contributed by atoms with van der Waals surface area (Å²) in [6.07, 6.45) is 1.08. The second-order valence-corrected chi connectivity index (χ2v) is 4.02. The lowest BCUT2D eigenvalue weighted by atomic mass is 10.3. The third kappa shape index (κ3) is 2.86. The van der Waals surface area contributed by atoms with Crippen LogP contribution >= 0.6 is 11.6 Å². The number of non-ortho nitro benzene ring substituents is 1. The Morgan fingerprint density at radius 3 is 2.89 bits per heavy atom. The van der Waals surface area contributed by atoms with Gasteiger partial charge in [0.15, 0.2) is 0 Å². The van der Waals surface area contributed by atoms with Crippen LogP contribution in [0.2, 0.25) is 5.02 Å². The maximum atomic E-state index is 10.7. The molecule has 1 aromatic carbocycles. The van der Waals surface area contributed by atoms with Gasteiger partial charge < -0.3 is 5.11 Å². The Morgan fingerprint density at radius 2 is 2.26 bits per heavy atom. The number of nitrogens with zero attached hydrogens (tertiary/aromatic N) is 4. The number of aliphatic carboxylic acids is 1. The zero-order valence-corrected chi connectivity index (χ0v) is 10.1. The third-order valence-electron chi connectivity index (χ3n) is 2.26. The van der Waals surface area contributed by atoms with Crippen molar-refractivity contribution in [3.8, 4) is 5.69 Å². The van der Waals surface area contributed by atoms with E-state index in [9.17, 15) is 14.9 Å². The van der Waals surface area contributed by atoms with Crippen molar-refractivity contribution in [2.75, 3.05) is 0 Å². The summed E-state index contributed by atoms with van der Waals surface area (Å²) in [6.45, 7) is 0. The van der Waals surface area contributed by atoms with Gasteiger partial charge in [0, 0.05) is 12.1 Å². The largest absolute Gasteiger partial charge is 0.481 e. The molecule has 0 saturated heterocycles. The standard InChI is InChI=1S/C10H7ClN4O4/c11-8-2-1-7(15(18)19)4-9(8)14-5-6(12-13-14)3-10(16)17/h1-2,4-5H,3H2,(H,16,17). The van der Waals surface area contributed by atoms with Gasteiger partial charge in [-0.15, -0.1) is 5.10 Å². The van der Waals surface area contributed by atoms with Crippen molar-refractivity contribution < 1.29 is 14.8 Å². The average molecular weight is 283 g/mol. The highest BCUT2D eigenvalue weighted by molar-refractivity contribution is 6.32. The van der Waals surface area contributed by atoms with E-state index in [4.69, 9.17) is 16.7 Å². The average Bonchev–Trinajstić information content (AvgIpc) is 2.76. The molecule has 9 heteroatoms. The highest BCUT2D eigenvalue weighted by atomic mass is 35.5. The van der Waals surface area contributed by atoms with E-state index in [0.29, 0.717) is 0 Å². The lowest BCUT2D eigenvalue weighted by Gasteiger charge is -2.02. The van der Waals surface area contributed by atoms with E-state index in [2.05, 4.69) is 10.3 Å². The minimum absolute atomic E-state index is 0.144. The van der Waals surface area contributed by atoms with Crippen LogP contribution in [-0.2, 0) is 11.2 Å². The van der Waals surface area contributed by atoms with Gasteiger partial charge in [-0.1, -0.05) is 16.8 Å². The summed E-state index contributed by atoms with van der Waals surface area (Å²) >= 11 is 5.92. The molecule has 1 N–H and O–H groups in total. The second-order valence-electron chi connectivity index (χ2n) is 3.62. The first-order valence-corrected chi connectivity index (χ1v) is 5.42. The quantitative estimate of drug-likeness (QED) is 0.671. The molecule has 98 valence electrons. The Hall–Kier alpha value is -2.48. The van der Waals surface area contributed by atoms with Crippen LogP contribution in [0.15, 0.2) is 24.4 Å². The van der Waals surface area contributed by atoms with Crippen molar-refractivity contribution in [1.82, 2.24) is 15.0 Å². The van der Waals surface area contributed by atoms with Crippen LogP contribution in [0.3, 0.4) is 0 Å². The summed E-state index contributed by atoms with van der Waals surface area (Å²) in [6, 6.07) is 3.87. The fraction of sp³-hybridized carbons (Fsp3) is 0.100. The van der Waals surface area contributed by atoms with Gasteiger partial charge in [-0.3, -0.25) is 14.9 Å². The van der Waals surface area contributed by atoms with Gasteiger partial charge in [0.05, 0.1) is 33.9 Å². The monoisotopic (exact) mass is 282 g/mol. The first-order chi connectivity index (χ1) is 8.97. The molecule has 0 fully saturated rings. The SMILES string of the molecule is O=C(O)Cc1cn(-c2cc([N+](=O)[O-])ccc2Cl)nn1. The number of halogens is 1. The van der Waals surface area contributed by atoms with Crippen LogP contribution in [0.5, 0.6) is 0 Å². The van der Waals surface area contributed by atoms with Crippen LogP contribution in [0.25, 0.3) is 5.69 Å². The Kier molecular flexibility index (Phi) is 3.43. The number of hydrogen-bond acceptors (Lipinski definition) is 5. The van der Waals surface area contributed by atoms with Gasteiger partial charge in [0.1, 0.15) is 0 Å². The van der Waals surface area contributed by atoms with Crippen molar-refractivity contribution in [2.24, 2.45) is 0 Å². The molecule has 0 bridgehead atoms. The van der Waals surface area contributed by atoms with Crippen LogP contribution in [0, 0.1) is 10.1 Å². The van der Waals surface area contributed by atoms with Crippen LogP contribution in [-0.4, -0.2) is 31.0 Å². The highest BCUT2D eigenvalue weighted by Crippen LogP contribution is 2.24. The molecular formula is C10H7ClN4O4. The predicted molar refractivity (Wildman–Crippen MR) is 64.4 cm³/mol. The number of carboxylic acid groups (broad SMARTS) is 1. The van der Waals surface area contributed by atoms with Crippen LogP contribution in [0.1, 0.15) is 5.69 Å². The molecule has 8 nitrogen and oxygen atoms in total. The van der Waals surface area contributed by atoms with E-state index in [1.54, 1.807) is 0 Å². The molecule has 2 aromatic rings. The zero-order chi connectivity index (χ0) is 14.0. The minimum atomic E-state index is -1.04. The Bertz CT molecular complexity index is 655. The molecular weight excluding hydrogens is 276 g/mol. The summed E-state index contributed by atoms with van der Waals surface area (Å²) in [5.41, 5.74) is 0.352. The lowest BCUT2D eigenvalue weighted by Crippen LogP contribution is -2.00. The van der Waals surface area contributed by atoms with Crippen molar-refractivity contribution in [2.45, 2.75) is 6.42 Å². The molecule has 1 heterocycles. The zero-order valence-electron chi connectivity index (χ0n) is 9.36. The highest BCUT2D eigenvalue weighted by Gasteiger charge is 2.13. The minimum Gasteiger partial charge on any atom is -0.481 e. The molecule has 0 amide bonds. The van der Waals surface area contributed by atoms with Gasteiger partial charge in [-0.05, 0) is 6.07 Å². The van der Waals surface area contributed by atoms with E-state index in [0.717, 1.165) is 0 Å². The fourth-order valence-electron chi connectivity index (χ4n) is 1.44. The fourth-order valence-corrected chi connectivity index (χ4v) is 1.65. The third-order valence-corrected chi connectivity index (χ3v) is 2.58. The van der Waals surface area contributed by atoms with E-state index >= 15 is 0 Å². The molecule has 19 heavy (non-hydrogen) atoms. The molecule has 0 radical (unpaired) electrons. The molecule has 0 unspecified atom stereocenters. The summed E-state index contributed by atoms with van der Waals surface area (Å²) < 4.78 is 1.20. The topological polar surface area (TPSA) is 111 Å². The molecule has 0 aliphatic carbocycles. The number of nitro groups is 1. The lowest BCUT2D eigenvalue weighted by molar-refractivity contribution is -0.384. The number of carboxylic acids is 1. The number of nitro benzene ring substituents is 1. The van der Waals surface area contributed by atoms with E-state index in [-0.39, 0.29) is 28.5 Å². The van der Waals surface area contributed by atoms with E-state index < -0.39 is 10.9 Å². The first kappa shape index (κ1) is 13.0. The van der Waals surface area contributed by atoms with E-state index in [1.807, 2.05) is 0 Å². The second kappa shape index (κ2) is 5.02. The summed E-state index contributed by atoms with van der Waals surface area (Å²) in [5.74, 6) is -1.04. The molecule has 2 rings (SSSR count). The number of benzene rings is 1. The van der Waals surface area contributed by atoms with Gasteiger partial charge in [0.25, 0.3) is 5.69 Å². The number of hydrogen-bond donors (Lipinski definition) is 1. The van der Waals surface area contributed by atoms with Crippen molar-refractivity contribution >= 4 is 23.3 Å². The summed E-state index contributed by atoms with van der Waals surface area (Å²) in [5, 5.41) is 26.9. The molecule has 0 aliphatic rings. The maximum absolute atomic E-state index is 10.7. The smallest absolute Gasteiger partial charge is 0.309 e. The molecule has 0 aliphatic heterocycles. The normalized spacial score (nSPS) is 10.4. The van der Waals surface area contributed by atoms with Crippen molar-refractivity contribution in [3.63, 3.8) is 0 Å². The van der Waals surface area contributed by atoms with Gasteiger partial charge in [-0.25, -0.2) is 4.68 Å². The predicted octanol–water partition coefficient (Wildman–Crippen LogP) is 1.46. The number of aromatic nitrogens is 3. The van der Waals surface area contributed by atoms with Gasteiger partial charge in [-0.2, -0.15) is 0 Å². The van der Waals surface area contributed by atoms with Crippen molar-refractivity contribution in [3.05, 3.63) is 45.2 Å².